The highest BCUT2D eigenvalue weighted by atomic mass is 16.1. The summed E-state index contributed by atoms with van der Waals surface area (Å²) in [7, 11) is 0. The minimum atomic E-state index is -0.268. The average Bonchev–Trinajstić information content (AvgIpc) is 3.65. The van der Waals surface area contributed by atoms with Crippen molar-refractivity contribution in [1.29, 1.82) is 0 Å². The van der Waals surface area contributed by atoms with Crippen LogP contribution < -0.4 is 5.32 Å². The van der Waals surface area contributed by atoms with E-state index in [1.165, 1.54) is 0 Å². The number of fused-ring (bicyclic) bond motifs is 5. The number of rotatable bonds is 4. The molecule has 0 spiro atoms. The SMILES string of the molecule is O=C(NC1c2ccccc2-c2c(-c3nc4ccncc4[nH]3)cccc21)c1cc(C2CC2)nc2ccccc12. The van der Waals surface area contributed by atoms with Crippen molar-refractivity contribution in [2.24, 2.45) is 0 Å². The molecule has 6 nitrogen and oxygen atoms in total. The van der Waals surface area contributed by atoms with Gasteiger partial charge in [-0.3, -0.25) is 14.8 Å². The van der Waals surface area contributed by atoms with Gasteiger partial charge in [0.15, 0.2) is 0 Å². The maximum absolute atomic E-state index is 13.9. The number of carbonyl (C=O) groups is 1. The maximum atomic E-state index is 13.9. The van der Waals surface area contributed by atoms with Crippen LogP contribution in [0.5, 0.6) is 0 Å². The fourth-order valence-corrected chi connectivity index (χ4v) is 5.77. The largest absolute Gasteiger partial charge is 0.341 e. The lowest BCUT2D eigenvalue weighted by molar-refractivity contribution is 0.0945. The Bertz CT molecular complexity index is 1870. The Morgan fingerprint density at radius 2 is 1.66 bits per heavy atom. The number of aromatic amines is 1. The zero-order chi connectivity index (χ0) is 25.2. The van der Waals surface area contributed by atoms with Crippen LogP contribution in [0.1, 0.15) is 52.0 Å². The van der Waals surface area contributed by atoms with E-state index in [0.29, 0.717) is 11.5 Å². The molecule has 0 radical (unpaired) electrons. The predicted molar refractivity (Wildman–Crippen MR) is 148 cm³/mol. The molecule has 1 fully saturated rings. The van der Waals surface area contributed by atoms with Crippen LogP contribution >= 0.6 is 0 Å². The first kappa shape index (κ1) is 21.3. The van der Waals surface area contributed by atoms with Crippen molar-refractivity contribution >= 4 is 27.8 Å². The summed E-state index contributed by atoms with van der Waals surface area (Å²) in [5.74, 6) is 1.17. The molecule has 38 heavy (non-hydrogen) atoms. The average molecular weight is 494 g/mol. The number of nitrogens with zero attached hydrogens (tertiary/aromatic N) is 3. The van der Waals surface area contributed by atoms with E-state index < -0.39 is 0 Å². The standard InChI is InChI=1S/C32H23N5O/c38-32(24-16-27(18-12-13-18)34-25-11-4-3-6-19(24)25)37-30-21-8-2-1-7-20(21)29-22(30)9-5-10-23(29)31-35-26-14-15-33-17-28(26)36-31/h1-11,14-18,30H,12-13H2,(H,35,36)(H,37,38). The van der Waals surface area contributed by atoms with Gasteiger partial charge in [-0.15, -0.1) is 0 Å². The summed E-state index contributed by atoms with van der Waals surface area (Å²) in [5, 5.41) is 4.26. The van der Waals surface area contributed by atoms with Gasteiger partial charge >= 0.3 is 0 Å². The smallest absolute Gasteiger partial charge is 0.252 e. The molecule has 0 saturated heterocycles. The minimum absolute atomic E-state index is 0.0848. The predicted octanol–water partition coefficient (Wildman–Crippen LogP) is 6.55. The number of imidazole rings is 1. The molecule has 2 N–H and O–H groups in total. The number of H-pyrrole nitrogens is 1. The highest BCUT2D eigenvalue weighted by Crippen LogP contribution is 2.48. The Morgan fingerprint density at radius 1 is 0.842 bits per heavy atom. The lowest BCUT2D eigenvalue weighted by atomic mass is 9.98. The molecule has 1 amide bonds. The van der Waals surface area contributed by atoms with E-state index in [9.17, 15) is 4.79 Å². The van der Waals surface area contributed by atoms with Gasteiger partial charge in [0, 0.05) is 28.8 Å². The summed E-state index contributed by atoms with van der Waals surface area (Å²) in [6.07, 6.45) is 5.81. The van der Waals surface area contributed by atoms with Gasteiger partial charge in [0.1, 0.15) is 5.82 Å². The summed E-state index contributed by atoms with van der Waals surface area (Å²) < 4.78 is 0. The van der Waals surface area contributed by atoms with E-state index in [1.807, 2.05) is 54.6 Å². The number of benzene rings is 3. The fraction of sp³-hybridized carbons (Fsp3) is 0.125. The van der Waals surface area contributed by atoms with Crippen LogP contribution in [0.4, 0.5) is 0 Å². The normalized spacial score (nSPS) is 15.9. The summed E-state index contributed by atoms with van der Waals surface area (Å²) in [6.45, 7) is 0. The van der Waals surface area contributed by atoms with Crippen LogP contribution in [0.25, 0.3) is 44.5 Å². The molecule has 0 aliphatic heterocycles. The molecule has 182 valence electrons. The van der Waals surface area contributed by atoms with Crippen LogP contribution in [-0.4, -0.2) is 25.8 Å². The highest BCUT2D eigenvalue weighted by Gasteiger charge is 2.33. The number of hydrogen-bond donors (Lipinski definition) is 2. The number of para-hydroxylation sites is 1. The second-order valence-electron chi connectivity index (χ2n) is 10.1. The highest BCUT2D eigenvalue weighted by molar-refractivity contribution is 6.07. The van der Waals surface area contributed by atoms with Crippen molar-refractivity contribution in [3.05, 3.63) is 114 Å². The number of aromatic nitrogens is 4. The molecule has 6 aromatic rings. The maximum Gasteiger partial charge on any atom is 0.252 e. The lowest BCUT2D eigenvalue weighted by Gasteiger charge is -2.17. The van der Waals surface area contributed by atoms with E-state index in [0.717, 1.165) is 74.1 Å². The third kappa shape index (κ3) is 3.27. The van der Waals surface area contributed by atoms with Crippen LogP contribution in [-0.2, 0) is 0 Å². The summed E-state index contributed by atoms with van der Waals surface area (Å²) >= 11 is 0. The number of hydrogen-bond acceptors (Lipinski definition) is 4. The molecular weight excluding hydrogens is 470 g/mol. The van der Waals surface area contributed by atoms with Crippen molar-refractivity contribution in [1.82, 2.24) is 25.3 Å². The van der Waals surface area contributed by atoms with Gasteiger partial charge in [0.25, 0.3) is 5.91 Å². The molecule has 0 bridgehead atoms. The third-order valence-electron chi connectivity index (χ3n) is 7.74. The first-order chi connectivity index (χ1) is 18.7. The van der Waals surface area contributed by atoms with Gasteiger partial charge in [0.2, 0.25) is 0 Å². The van der Waals surface area contributed by atoms with E-state index in [-0.39, 0.29) is 11.9 Å². The van der Waals surface area contributed by atoms with Gasteiger partial charge < -0.3 is 10.3 Å². The Balaban J connectivity index is 1.25. The molecule has 8 rings (SSSR count). The minimum Gasteiger partial charge on any atom is -0.341 e. The lowest BCUT2D eigenvalue weighted by Crippen LogP contribution is -2.28. The van der Waals surface area contributed by atoms with Gasteiger partial charge in [-0.2, -0.15) is 0 Å². The van der Waals surface area contributed by atoms with Crippen molar-refractivity contribution in [3.63, 3.8) is 0 Å². The number of pyridine rings is 2. The van der Waals surface area contributed by atoms with E-state index in [4.69, 9.17) is 9.97 Å². The summed E-state index contributed by atoms with van der Waals surface area (Å²) in [5.41, 5.74) is 9.71. The number of carbonyl (C=O) groups excluding carboxylic acids is 1. The molecule has 1 unspecified atom stereocenters. The van der Waals surface area contributed by atoms with Crippen LogP contribution in [0, 0.1) is 0 Å². The van der Waals surface area contributed by atoms with Crippen LogP contribution in [0.2, 0.25) is 0 Å². The van der Waals surface area contributed by atoms with Crippen molar-refractivity contribution in [2.45, 2.75) is 24.8 Å². The fourth-order valence-electron chi connectivity index (χ4n) is 5.77. The molecular formula is C32H23N5O. The molecule has 1 atom stereocenters. The van der Waals surface area contributed by atoms with Gasteiger partial charge in [-0.1, -0.05) is 60.7 Å². The summed E-state index contributed by atoms with van der Waals surface area (Å²) in [4.78, 5) is 31.3. The Labute approximate surface area is 218 Å². The second kappa shape index (κ2) is 8.08. The molecule has 2 aliphatic carbocycles. The van der Waals surface area contributed by atoms with Crippen molar-refractivity contribution in [3.8, 4) is 22.5 Å². The number of nitrogens with one attached hydrogen (secondary N) is 2. The quantitative estimate of drug-likeness (QED) is 0.292. The molecule has 3 heterocycles. The molecule has 1 saturated carbocycles. The molecule has 3 aromatic carbocycles. The van der Waals surface area contributed by atoms with Gasteiger partial charge in [-0.05, 0) is 53.3 Å². The number of amides is 1. The van der Waals surface area contributed by atoms with Crippen molar-refractivity contribution in [2.75, 3.05) is 0 Å². The Hall–Kier alpha value is -4.84. The first-order valence-corrected chi connectivity index (χ1v) is 13.0. The van der Waals surface area contributed by atoms with Crippen LogP contribution in [0.15, 0.2) is 91.3 Å². The van der Waals surface area contributed by atoms with Gasteiger partial charge in [0.05, 0.1) is 34.4 Å². The Morgan fingerprint density at radius 3 is 2.55 bits per heavy atom. The molecule has 2 aliphatic rings. The zero-order valence-electron chi connectivity index (χ0n) is 20.5. The second-order valence-corrected chi connectivity index (χ2v) is 10.1. The third-order valence-corrected chi connectivity index (χ3v) is 7.74. The monoisotopic (exact) mass is 493 g/mol. The van der Waals surface area contributed by atoms with E-state index >= 15 is 0 Å². The van der Waals surface area contributed by atoms with E-state index in [2.05, 4.69) is 39.6 Å². The summed E-state index contributed by atoms with van der Waals surface area (Å²) in [6, 6.07) is 26.1. The van der Waals surface area contributed by atoms with Gasteiger partial charge in [-0.25, -0.2) is 4.98 Å². The Kier molecular flexibility index (Phi) is 4.52. The molecule has 6 heteroatoms. The van der Waals surface area contributed by atoms with Crippen LogP contribution in [0.3, 0.4) is 0 Å². The zero-order valence-corrected chi connectivity index (χ0v) is 20.5. The first-order valence-electron chi connectivity index (χ1n) is 13.0. The van der Waals surface area contributed by atoms with E-state index in [1.54, 1.807) is 12.4 Å². The topological polar surface area (TPSA) is 83.6 Å². The molecule has 3 aromatic heterocycles. The van der Waals surface area contributed by atoms with Crippen molar-refractivity contribution < 1.29 is 4.79 Å².